The van der Waals surface area contributed by atoms with Crippen LogP contribution in [0.15, 0.2) is 24.3 Å². The topological polar surface area (TPSA) is 66.6 Å². The lowest BCUT2D eigenvalue weighted by molar-refractivity contribution is 0.0703. The summed E-state index contributed by atoms with van der Waals surface area (Å²) in [6.07, 6.45) is 0.248. The monoisotopic (exact) mass is 236 g/mol. The van der Waals surface area contributed by atoms with Gasteiger partial charge in [0.15, 0.2) is 0 Å². The van der Waals surface area contributed by atoms with Gasteiger partial charge >= 0.3 is 0 Å². The van der Waals surface area contributed by atoms with Crippen LogP contribution in [0.1, 0.15) is 22.8 Å². The summed E-state index contributed by atoms with van der Waals surface area (Å²) in [5.41, 5.74) is 7.18. The molecule has 4 heteroatoms. The number of aliphatic hydroxyl groups excluding tert-OH is 1. The molecule has 0 saturated heterocycles. The summed E-state index contributed by atoms with van der Waals surface area (Å²) in [7, 11) is 1.69. The Morgan fingerprint density at radius 2 is 2.24 bits per heavy atom. The predicted octanol–water partition coefficient (Wildman–Crippen LogP) is 0.641. The second kappa shape index (κ2) is 6.37. The summed E-state index contributed by atoms with van der Waals surface area (Å²) in [4.78, 5) is 13.5. The van der Waals surface area contributed by atoms with Gasteiger partial charge in [-0.15, -0.1) is 0 Å². The first-order valence-electron chi connectivity index (χ1n) is 5.77. The molecule has 3 N–H and O–H groups in total. The van der Waals surface area contributed by atoms with Gasteiger partial charge in [-0.25, -0.2) is 0 Å². The molecule has 0 bridgehead atoms. The third-order valence-corrected chi connectivity index (χ3v) is 2.49. The summed E-state index contributed by atoms with van der Waals surface area (Å²) in [5, 5.41) is 9.25. The zero-order valence-corrected chi connectivity index (χ0v) is 10.4. The molecule has 1 amide bonds. The van der Waals surface area contributed by atoms with E-state index in [1.54, 1.807) is 20.0 Å². The first-order chi connectivity index (χ1) is 8.04. The van der Waals surface area contributed by atoms with Gasteiger partial charge in [-0.05, 0) is 37.6 Å². The van der Waals surface area contributed by atoms with E-state index >= 15 is 0 Å². The molecule has 0 aliphatic carbocycles. The minimum absolute atomic E-state index is 0.0789. The maximum Gasteiger partial charge on any atom is 0.253 e. The number of aliphatic hydroxyl groups is 1. The van der Waals surface area contributed by atoms with Crippen molar-refractivity contribution in [2.24, 2.45) is 5.73 Å². The van der Waals surface area contributed by atoms with Gasteiger partial charge in [-0.3, -0.25) is 4.79 Å². The van der Waals surface area contributed by atoms with E-state index in [2.05, 4.69) is 0 Å². The summed E-state index contributed by atoms with van der Waals surface area (Å²) in [6.45, 7) is 2.57. The highest BCUT2D eigenvalue weighted by atomic mass is 16.3. The molecule has 94 valence electrons. The summed E-state index contributed by atoms with van der Waals surface area (Å²) in [5.74, 6) is -0.0789. The molecular formula is C13H20N2O2. The average Bonchev–Trinajstić information content (AvgIpc) is 2.28. The van der Waals surface area contributed by atoms with Gasteiger partial charge in [-0.2, -0.15) is 0 Å². The molecule has 0 aromatic heterocycles. The third kappa shape index (κ3) is 4.17. The Bertz CT molecular complexity index is 377. The summed E-state index contributed by atoms with van der Waals surface area (Å²) in [6, 6.07) is 7.45. The quantitative estimate of drug-likeness (QED) is 0.788. The van der Waals surface area contributed by atoms with Crippen molar-refractivity contribution >= 4 is 5.91 Å². The number of amides is 1. The summed E-state index contributed by atoms with van der Waals surface area (Å²) >= 11 is 0. The zero-order valence-electron chi connectivity index (χ0n) is 10.4. The van der Waals surface area contributed by atoms with Crippen LogP contribution < -0.4 is 5.73 Å². The molecule has 0 aliphatic rings. The van der Waals surface area contributed by atoms with Gasteiger partial charge in [0, 0.05) is 19.2 Å². The minimum Gasteiger partial charge on any atom is -0.392 e. The lowest BCUT2D eigenvalue weighted by Crippen LogP contribution is -2.33. The van der Waals surface area contributed by atoms with E-state index in [0.717, 1.165) is 12.0 Å². The summed E-state index contributed by atoms with van der Waals surface area (Å²) < 4.78 is 0. The molecule has 0 saturated carbocycles. The molecule has 4 nitrogen and oxygen atoms in total. The minimum atomic E-state index is -0.517. The maximum absolute atomic E-state index is 12.0. The van der Waals surface area contributed by atoms with Gasteiger partial charge in [0.05, 0.1) is 6.10 Å². The largest absolute Gasteiger partial charge is 0.392 e. The molecule has 0 fully saturated rings. The molecule has 1 aromatic rings. The van der Waals surface area contributed by atoms with E-state index in [1.165, 1.54) is 4.90 Å². The van der Waals surface area contributed by atoms with Crippen LogP contribution in [0.25, 0.3) is 0 Å². The number of likely N-dealkylation sites (N-methyl/N-ethyl adjacent to an activating group) is 1. The number of carbonyl (C=O) groups excluding carboxylic acids is 1. The van der Waals surface area contributed by atoms with Crippen LogP contribution in [0, 0.1) is 0 Å². The number of nitrogens with zero attached hydrogens (tertiary/aromatic N) is 1. The fourth-order valence-corrected chi connectivity index (χ4v) is 1.73. The van der Waals surface area contributed by atoms with Crippen molar-refractivity contribution in [2.75, 3.05) is 20.1 Å². The average molecular weight is 236 g/mol. The molecule has 0 spiro atoms. The number of hydrogen-bond donors (Lipinski definition) is 2. The van der Waals surface area contributed by atoms with E-state index < -0.39 is 6.10 Å². The van der Waals surface area contributed by atoms with Crippen LogP contribution in [0.4, 0.5) is 0 Å². The van der Waals surface area contributed by atoms with Crippen molar-refractivity contribution in [1.29, 1.82) is 0 Å². The number of benzene rings is 1. The highest BCUT2D eigenvalue weighted by Gasteiger charge is 2.13. The zero-order chi connectivity index (χ0) is 12.8. The second-order valence-corrected chi connectivity index (χ2v) is 4.27. The van der Waals surface area contributed by atoms with E-state index in [4.69, 9.17) is 5.73 Å². The van der Waals surface area contributed by atoms with E-state index in [-0.39, 0.29) is 5.91 Å². The highest BCUT2D eigenvalue weighted by Crippen LogP contribution is 2.08. The maximum atomic E-state index is 12.0. The van der Waals surface area contributed by atoms with Crippen molar-refractivity contribution in [3.8, 4) is 0 Å². The fourth-order valence-electron chi connectivity index (χ4n) is 1.73. The van der Waals surface area contributed by atoms with Gasteiger partial charge in [0.25, 0.3) is 5.91 Å². The lowest BCUT2D eigenvalue weighted by Gasteiger charge is -2.19. The van der Waals surface area contributed by atoms with Gasteiger partial charge < -0.3 is 15.7 Å². The van der Waals surface area contributed by atoms with Crippen LogP contribution in [0.2, 0.25) is 0 Å². The Morgan fingerprint density at radius 3 is 2.82 bits per heavy atom. The molecule has 1 aromatic carbocycles. The first kappa shape index (κ1) is 13.7. The van der Waals surface area contributed by atoms with E-state index in [9.17, 15) is 9.90 Å². The molecule has 1 rings (SSSR count). The van der Waals surface area contributed by atoms with Crippen LogP contribution in [-0.4, -0.2) is 42.2 Å². The Balaban J connectivity index is 2.77. The molecule has 0 radical (unpaired) electrons. The molecule has 17 heavy (non-hydrogen) atoms. The lowest BCUT2D eigenvalue weighted by atomic mass is 10.1. The molecule has 1 unspecified atom stereocenters. The normalized spacial score (nSPS) is 12.2. The van der Waals surface area contributed by atoms with E-state index in [1.807, 2.05) is 18.2 Å². The predicted molar refractivity (Wildman–Crippen MR) is 67.8 cm³/mol. The van der Waals surface area contributed by atoms with E-state index in [0.29, 0.717) is 18.7 Å². The van der Waals surface area contributed by atoms with Crippen molar-refractivity contribution in [3.63, 3.8) is 0 Å². The highest BCUT2D eigenvalue weighted by molar-refractivity contribution is 5.94. The van der Waals surface area contributed by atoms with Crippen molar-refractivity contribution < 1.29 is 9.90 Å². The van der Waals surface area contributed by atoms with Gasteiger partial charge in [-0.1, -0.05) is 12.1 Å². The molecule has 0 aliphatic heterocycles. The Kier molecular flexibility index (Phi) is 5.12. The van der Waals surface area contributed by atoms with Crippen molar-refractivity contribution in [3.05, 3.63) is 35.4 Å². The van der Waals surface area contributed by atoms with Crippen LogP contribution in [0.3, 0.4) is 0 Å². The fraction of sp³-hybridized carbons (Fsp3) is 0.462. The molecule has 0 heterocycles. The van der Waals surface area contributed by atoms with Gasteiger partial charge in [0.1, 0.15) is 0 Å². The Labute approximate surface area is 102 Å². The van der Waals surface area contributed by atoms with Crippen LogP contribution in [-0.2, 0) is 6.42 Å². The number of carbonyl (C=O) groups is 1. The second-order valence-electron chi connectivity index (χ2n) is 4.27. The Hall–Kier alpha value is -1.39. The SMILES string of the molecule is CC(O)CN(C)C(=O)c1cccc(CCN)c1. The van der Waals surface area contributed by atoms with Crippen molar-refractivity contribution in [1.82, 2.24) is 4.90 Å². The smallest absolute Gasteiger partial charge is 0.253 e. The number of rotatable bonds is 5. The van der Waals surface area contributed by atoms with Gasteiger partial charge in [0.2, 0.25) is 0 Å². The first-order valence-corrected chi connectivity index (χ1v) is 5.77. The molecule has 1 atom stereocenters. The van der Waals surface area contributed by atoms with Crippen molar-refractivity contribution in [2.45, 2.75) is 19.4 Å². The van der Waals surface area contributed by atoms with Crippen LogP contribution >= 0.6 is 0 Å². The molecular weight excluding hydrogens is 216 g/mol. The number of hydrogen-bond acceptors (Lipinski definition) is 3. The Morgan fingerprint density at radius 1 is 1.53 bits per heavy atom. The third-order valence-electron chi connectivity index (χ3n) is 2.49. The number of nitrogens with two attached hydrogens (primary N) is 1. The standard InChI is InChI=1S/C13H20N2O2/c1-10(16)9-15(2)13(17)12-5-3-4-11(8-12)6-7-14/h3-5,8,10,16H,6-7,9,14H2,1-2H3. The van der Waals surface area contributed by atoms with Crippen LogP contribution in [0.5, 0.6) is 0 Å².